The van der Waals surface area contributed by atoms with Crippen molar-refractivity contribution in [2.75, 3.05) is 13.2 Å². The Morgan fingerprint density at radius 3 is 2.33 bits per heavy atom. The van der Waals surface area contributed by atoms with Crippen LogP contribution in [-0.4, -0.2) is 24.0 Å². The van der Waals surface area contributed by atoms with Crippen LogP contribution in [0.3, 0.4) is 0 Å². The van der Waals surface area contributed by atoms with Gasteiger partial charge in [-0.2, -0.15) is 0 Å². The van der Waals surface area contributed by atoms with E-state index in [1.807, 2.05) is 66.9 Å². The number of amides is 1. The van der Waals surface area contributed by atoms with Crippen LogP contribution >= 0.6 is 0 Å². The molecule has 2 N–H and O–H groups in total. The second-order valence-corrected chi connectivity index (χ2v) is 6.99. The molecule has 0 fully saturated rings. The Morgan fingerprint density at radius 1 is 0.833 bits per heavy atom. The van der Waals surface area contributed by atoms with Crippen LogP contribution in [0.5, 0.6) is 11.5 Å². The van der Waals surface area contributed by atoms with Crippen LogP contribution in [0.2, 0.25) is 0 Å². The van der Waals surface area contributed by atoms with E-state index >= 15 is 0 Å². The van der Waals surface area contributed by atoms with Gasteiger partial charge in [0.1, 0.15) is 18.1 Å². The number of carbonyl (C=O) groups excluding carboxylic acids is 1. The monoisotopic (exact) mass is 400 g/mol. The summed E-state index contributed by atoms with van der Waals surface area (Å²) < 4.78 is 11.3. The zero-order valence-corrected chi connectivity index (χ0v) is 16.6. The maximum absolute atomic E-state index is 12.1. The number of aromatic nitrogens is 1. The van der Waals surface area contributed by atoms with Crippen molar-refractivity contribution in [1.29, 1.82) is 0 Å². The number of benzene rings is 3. The van der Waals surface area contributed by atoms with Gasteiger partial charge >= 0.3 is 0 Å². The smallest absolute Gasteiger partial charge is 0.257 e. The second-order valence-electron chi connectivity index (χ2n) is 6.99. The van der Waals surface area contributed by atoms with Gasteiger partial charge in [0, 0.05) is 23.6 Å². The number of rotatable bonds is 9. The van der Waals surface area contributed by atoms with E-state index in [2.05, 4.69) is 16.4 Å². The summed E-state index contributed by atoms with van der Waals surface area (Å²) in [6, 6.07) is 25.4. The lowest BCUT2D eigenvalue weighted by Crippen LogP contribution is -2.30. The van der Waals surface area contributed by atoms with Gasteiger partial charge in [-0.15, -0.1) is 0 Å². The fourth-order valence-corrected chi connectivity index (χ4v) is 3.25. The van der Waals surface area contributed by atoms with Crippen molar-refractivity contribution in [3.63, 3.8) is 0 Å². The molecule has 0 aliphatic carbocycles. The molecule has 0 aliphatic rings. The molecule has 5 heteroatoms. The molecule has 0 aliphatic heterocycles. The number of H-pyrrole nitrogens is 1. The van der Waals surface area contributed by atoms with Crippen LogP contribution < -0.4 is 14.8 Å². The van der Waals surface area contributed by atoms with Gasteiger partial charge < -0.3 is 19.8 Å². The molecule has 0 saturated carbocycles. The SMILES string of the molecule is O=C(COc1ccc(OCc2ccccc2)cc1)NCCc1c[nH]c2ccccc12. The zero-order valence-electron chi connectivity index (χ0n) is 16.6. The molecular weight excluding hydrogens is 376 g/mol. The first-order chi connectivity index (χ1) is 14.8. The van der Waals surface area contributed by atoms with Crippen LogP contribution in [0.25, 0.3) is 10.9 Å². The molecule has 1 heterocycles. The molecule has 152 valence electrons. The minimum atomic E-state index is -0.140. The lowest BCUT2D eigenvalue weighted by Gasteiger charge is -2.09. The van der Waals surface area contributed by atoms with Crippen molar-refractivity contribution < 1.29 is 14.3 Å². The molecule has 0 atom stereocenters. The molecule has 0 radical (unpaired) electrons. The topological polar surface area (TPSA) is 63.4 Å². The third-order valence-electron chi connectivity index (χ3n) is 4.83. The summed E-state index contributed by atoms with van der Waals surface area (Å²) >= 11 is 0. The first kappa shape index (κ1) is 19.6. The number of para-hydroxylation sites is 1. The summed E-state index contributed by atoms with van der Waals surface area (Å²) in [4.78, 5) is 15.3. The number of nitrogens with one attached hydrogen (secondary N) is 2. The van der Waals surface area contributed by atoms with E-state index in [-0.39, 0.29) is 12.5 Å². The average Bonchev–Trinajstić information content (AvgIpc) is 3.21. The fraction of sp³-hybridized carbons (Fsp3) is 0.160. The standard InChI is InChI=1S/C25H24N2O3/c28-25(26-15-14-20-16-27-24-9-5-4-8-23(20)24)18-30-22-12-10-21(11-13-22)29-17-19-6-2-1-3-7-19/h1-13,16,27H,14-15,17-18H2,(H,26,28). The van der Waals surface area contributed by atoms with Gasteiger partial charge in [0.05, 0.1) is 0 Å². The highest BCUT2D eigenvalue weighted by Gasteiger charge is 2.06. The van der Waals surface area contributed by atoms with Crippen LogP contribution in [0.1, 0.15) is 11.1 Å². The van der Waals surface area contributed by atoms with Crippen molar-refractivity contribution >= 4 is 16.8 Å². The molecule has 0 unspecified atom stereocenters. The van der Waals surface area contributed by atoms with E-state index in [1.54, 1.807) is 12.1 Å². The van der Waals surface area contributed by atoms with Crippen LogP contribution in [0.4, 0.5) is 0 Å². The Hall–Kier alpha value is -3.73. The first-order valence-corrected chi connectivity index (χ1v) is 9.99. The van der Waals surface area contributed by atoms with E-state index in [0.29, 0.717) is 18.9 Å². The predicted octanol–water partition coefficient (Wildman–Crippen LogP) is 4.48. The maximum Gasteiger partial charge on any atom is 0.257 e. The number of fused-ring (bicyclic) bond motifs is 1. The first-order valence-electron chi connectivity index (χ1n) is 9.99. The highest BCUT2D eigenvalue weighted by atomic mass is 16.5. The molecule has 0 spiro atoms. The van der Waals surface area contributed by atoms with Gasteiger partial charge in [-0.3, -0.25) is 4.79 Å². The summed E-state index contributed by atoms with van der Waals surface area (Å²) in [7, 11) is 0. The fourth-order valence-electron chi connectivity index (χ4n) is 3.25. The highest BCUT2D eigenvalue weighted by molar-refractivity contribution is 5.83. The summed E-state index contributed by atoms with van der Waals surface area (Å²) in [5.74, 6) is 1.25. The lowest BCUT2D eigenvalue weighted by molar-refractivity contribution is -0.123. The largest absolute Gasteiger partial charge is 0.489 e. The number of hydrogen-bond acceptors (Lipinski definition) is 3. The Balaban J connectivity index is 1.18. The number of hydrogen-bond donors (Lipinski definition) is 2. The van der Waals surface area contributed by atoms with E-state index in [4.69, 9.17) is 9.47 Å². The summed E-state index contributed by atoms with van der Waals surface area (Å²) in [6.45, 7) is 1.06. The Morgan fingerprint density at radius 2 is 1.53 bits per heavy atom. The van der Waals surface area contributed by atoms with Crippen molar-refractivity contribution in [1.82, 2.24) is 10.3 Å². The van der Waals surface area contributed by atoms with Gasteiger partial charge in [0.15, 0.2) is 6.61 Å². The van der Waals surface area contributed by atoms with Crippen molar-refractivity contribution in [3.05, 3.63) is 96.2 Å². The molecular formula is C25H24N2O3. The van der Waals surface area contributed by atoms with Gasteiger partial charge in [0.25, 0.3) is 5.91 Å². The average molecular weight is 400 g/mol. The minimum absolute atomic E-state index is 0.0158. The molecule has 5 nitrogen and oxygen atoms in total. The van der Waals surface area contributed by atoms with Crippen LogP contribution in [0, 0.1) is 0 Å². The normalized spacial score (nSPS) is 10.7. The van der Waals surface area contributed by atoms with E-state index < -0.39 is 0 Å². The van der Waals surface area contributed by atoms with E-state index in [0.717, 1.165) is 23.3 Å². The third-order valence-corrected chi connectivity index (χ3v) is 4.83. The molecule has 30 heavy (non-hydrogen) atoms. The maximum atomic E-state index is 12.1. The molecule has 0 bridgehead atoms. The second kappa shape index (κ2) is 9.65. The molecule has 4 aromatic rings. The Kier molecular flexibility index (Phi) is 6.30. The number of carbonyl (C=O) groups is 1. The molecule has 4 rings (SSSR count). The number of aromatic amines is 1. The van der Waals surface area contributed by atoms with Gasteiger partial charge in [-0.25, -0.2) is 0 Å². The third kappa shape index (κ3) is 5.20. The lowest BCUT2D eigenvalue weighted by atomic mass is 10.1. The van der Waals surface area contributed by atoms with Gasteiger partial charge in [-0.05, 0) is 47.9 Å². The van der Waals surface area contributed by atoms with Crippen molar-refractivity contribution in [2.24, 2.45) is 0 Å². The number of ether oxygens (including phenoxy) is 2. The van der Waals surface area contributed by atoms with Crippen molar-refractivity contribution in [3.8, 4) is 11.5 Å². The van der Waals surface area contributed by atoms with Gasteiger partial charge in [0.2, 0.25) is 0 Å². The molecule has 1 amide bonds. The predicted molar refractivity (Wildman–Crippen MR) is 118 cm³/mol. The Bertz CT molecular complexity index is 1090. The van der Waals surface area contributed by atoms with Crippen molar-refractivity contribution in [2.45, 2.75) is 13.0 Å². The quantitative estimate of drug-likeness (QED) is 0.435. The van der Waals surface area contributed by atoms with E-state index in [9.17, 15) is 4.79 Å². The molecule has 1 aromatic heterocycles. The Labute approximate surface area is 175 Å². The van der Waals surface area contributed by atoms with Gasteiger partial charge in [-0.1, -0.05) is 48.5 Å². The summed E-state index contributed by atoms with van der Waals surface area (Å²) in [5.41, 5.74) is 3.42. The summed E-state index contributed by atoms with van der Waals surface area (Å²) in [5, 5.41) is 4.10. The molecule has 3 aromatic carbocycles. The highest BCUT2D eigenvalue weighted by Crippen LogP contribution is 2.19. The zero-order chi connectivity index (χ0) is 20.6. The van der Waals surface area contributed by atoms with Crippen LogP contribution in [-0.2, 0) is 17.8 Å². The van der Waals surface area contributed by atoms with E-state index in [1.165, 1.54) is 10.9 Å². The summed E-state index contributed by atoms with van der Waals surface area (Å²) in [6.07, 6.45) is 2.76. The minimum Gasteiger partial charge on any atom is -0.489 e. The molecule has 0 saturated heterocycles. The van der Waals surface area contributed by atoms with Crippen LogP contribution in [0.15, 0.2) is 85.1 Å².